The Kier molecular flexibility index (Phi) is 4.44. The van der Waals surface area contributed by atoms with Gasteiger partial charge in [0.05, 0.1) is 30.9 Å². The molecule has 0 atom stereocenters. The molecule has 0 radical (unpaired) electrons. The maximum Gasteiger partial charge on any atom is 0.316 e. The normalized spacial score (nSPS) is 11.2. The van der Waals surface area contributed by atoms with E-state index in [0.717, 1.165) is 27.9 Å². The molecule has 0 aliphatic rings. The smallest absolute Gasteiger partial charge is 0.316 e. The van der Waals surface area contributed by atoms with Crippen LogP contribution in [0, 0.1) is 0 Å². The molecule has 8 heteroatoms. The van der Waals surface area contributed by atoms with Gasteiger partial charge in [0.2, 0.25) is 0 Å². The highest BCUT2D eigenvalue weighted by Crippen LogP contribution is 2.25. The van der Waals surface area contributed by atoms with Crippen molar-refractivity contribution in [3.63, 3.8) is 0 Å². The minimum atomic E-state index is -0.150. The van der Waals surface area contributed by atoms with Gasteiger partial charge in [-0.15, -0.1) is 0 Å². The maximum absolute atomic E-state index is 13.2. The Morgan fingerprint density at radius 2 is 1.90 bits per heavy atom. The lowest BCUT2D eigenvalue weighted by atomic mass is 10.0. The molecule has 0 fully saturated rings. The van der Waals surface area contributed by atoms with E-state index in [1.165, 1.54) is 11.8 Å². The highest BCUT2D eigenvalue weighted by Gasteiger charge is 2.12. The summed E-state index contributed by atoms with van der Waals surface area (Å²) in [6, 6.07) is 11.8. The van der Waals surface area contributed by atoms with E-state index in [-0.39, 0.29) is 11.6 Å². The molecule has 0 spiro atoms. The number of benzene rings is 1. The fraction of sp³-hybridized carbons (Fsp3) is 0.136. The van der Waals surface area contributed by atoms with Crippen LogP contribution >= 0.6 is 0 Å². The van der Waals surface area contributed by atoms with Gasteiger partial charge in [0, 0.05) is 42.2 Å². The Morgan fingerprint density at radius 1 is 1.03 bits per heavy atom. The van der Waals surface area contributed by atoms with Crippen LogP contribution in [-0.4, -0.2) is 36.2 Å². The molecule has 5 aromatic rings. The summed E-state index contributed by atoms with van der Waals surface area (Å²) in [4.78, 5) is 26.2. The second kappa shape index (κ2) is 7.40. The van der Waals surface area contributed by atoms with Crippen LogP contribution in [0.4, 0.5) is 0 Å². The number of nitrogens with zero attached hydrogens (tertiary/aromatic N) is 6. The Morgan fingerprint density at radius 3 is 2.70 bits per heavy atom. The van der Waals surface area contributed by atoms with Gasteiger partial charge in [-0.25, -0.2) is 19.6 Å². The predicted molar refractivity (Wildman–Crippen MR) is 112 cm³/mol. The molecule has 0 amide bonds. The van der Waals surface area contributed by atoms with Crippen LogP contribution in [0.5, 0.6) is 6.01 Å². The number of rotatable bonds is 5. The van der Waals surface area contributed by atoms with Crippen molar-refractivity contribution in [3.8, 4) is 17.1 Å². The fourth-order valence-electron chi connectivity index (χ4n) is 3.52. The number of imidazole rings is 1. The molecule has 0 aliphatic heterocycles. The van der Waals surface area contributed by atoms with Crippen molar-refractivity contribution >= 4 is 16.4 Å². The first-order chi connectivity index (χ1) is 14.7. The first-order valence-electron chi connectivity index (χ1n) is 9.51. The van der Waals surface area contributed by atoms with Crippen LogP contribution in [0.1, 0.15) is 5.69 Å². The maximum atomic E-state index is 13.2. The first kappa shape index (κ1) is 18.0. The number of fused-ring (bicyclic) bond motifs is 2. The minimum Gasteiger partial charge on any atom is -0.467 e. The summed E-state index contributed by atoms with van der Waals surface area (Å²) in [5.41, 5.74) is 3.16. The summed E-state index contributed by atoms with van der Waals surface area (Å²) in [5.74, 6) is 0. The fourth-order valence-corrected chi connectivity index (χ4v) is 3.52. The van der Waals surface area contributed by atoms with Crippen molar-refractivity contribution < 1.29 is 4.74 Å². The molecular formula is C22H18N6O2. The molecular weight excluding hydrogens is 380 g/mol. The third-order valence-electron chi connectivity index (χ3n) is 5.00. The quantitative estimate of drug-likeness (QED) is 0.452. The Balaban J connectivity index is 1.51. The molecule has 4 heterocycles. The lowest BCUT2D eigenvalue weighted by molar-refractivity contribution is 0.380. The number of ether oxygens (including phenoxy) is 1. The Hall–Kier alpha value is -4.07. The Labute approximate surface area is 171 Å². The lowest BCUT2D eigenvalue weighted by Gasteiger charge is -2.09. The highest BCUT2D eigenvalue weighted by atomic mass is 16.5. The average molecular weight is 398 g/mol. The van der Waals surface area contributed by atoms with Crippen LogP contribution in [0.25, 0.3) is 27.5 Å². The van der Waals surface area contributed by atoms with Gasteiger partial charge in [-0.2, -0.15) is 5.10 Å². The molecule has 0 unspecified atom stereocenters. The summed E-state index contributed by atoms with van der Waals surface area (Å²) < 4.78 is 8.48. The SMILES string of the molecule is COc1ncc(-c2cccc3cnn(CCc4cn5ccccc5n4)c(=O)c23)cn1. The monoisotopic (exact) mass is 398 g/mol. The van der Waals surface area contributed by atoms with Gasteiger partial charge in [-0.3, -0.25) is 4.79 Å². The van der Waals surface area contributed by atoms with E-state index in [2.05, 4.69) is 20.1 Å². The number of hydrogen-bond donors (Lipinski definition) is 0. The lowest BCUT2D eigenvalue weighted by Crippen LogP contribution is -2.24. The van der Waals surface area contributed by atoms with E-state index in [4.69, 9.17) is 4.74 Å². The molecule has 4 aromatic heterocycles. The van der Waals surface area contributed by atoms with Gasteiger partial charge in [-0.05, 0) is 17.7 Å². The zero-order valence-electron chi connectivity index (χ0n) is 16.3. The van der Waals surface area contributed by atoms with Gasteiger partial charge in [0.15, 0.2) is 0 Å². The van der Waals surface area contributed by atoms with Crippen molar-refractivity contribution in [2.45, 2.75) is 13.0 Å². The first-order valence-corrected chi connectivity index (χ1v) is 9.51. The minimum absolute atomic E-state index is 0.150. The number of methoxy groups -OCH3 is 1. The highest BCUT2D eigenvalue weighted by molar-refractivity contribution is 5.95. The van der Waals surface area contributed by atoms with Gasteiger partial charge in [-0.1, -0.05) is 24.3 Å². The van der Waals surface area contributed by atoms with Gasteiger partial charge in [0.25, 0.3) is 5.56 Å². The predicted octanol–water partition coefficient (Wildman–Crippen LogP) is 2.75. The zero-order chi connectivity index (χ0) is 20.5. The van der Waals surface area contributed by atoms with Crippen LogP contribution < -0.4 is 10.3 Å². The number of pyridine rings is 1. The van der Waals surface area contributed by atoms with E-state index in [9.17, 15) is 4.79 Å². The second-order valence-electron chi connectivity index (χ2n) is 6.85. The van der Waals surface area contributed by atoms with Crippen molar-refractivity contribution in [1.82, 2.24) is 29.1 Å². The molecule has 1 aromatic carbocycles. The summed E-state index contributed by atoms with van der Waals surface area (Å²) >= 11 is 0. The molecule has 5 rings (SSSR count). The summed E-state index contributed by atoms with van der Waals surface area (Å²) in [7, 11) is 1.51. The zero-order valence-corrected chi connectivity index (χ0v) is 16.3. The van der Waals surface area contributed by atoms with E-state index in [0.29, 0.717) is 18.4 Å². The van der Waals surface area contributed by atoms with Crippen molar-refractivity contribution in [1.29, 1.82) is 0 Å². The average Bonchev–Trinajstić information content (AvgIpc) is 3.21. The molecule has 8 nitrogen and oxygen atoms in total. The van der Waals surface area contributed by atoms with Crippen LogP contribution in [0.2, 0.25) is 0 Å². The van der Waals surface area contributed by atoms with E-state index in [1.807, 2.05) is 53.2 Å². The third kappa shape index (κ3) is 3.18. The number of aryl methyl sites for hydroxylation is 2. The topological polar surface area (TPSA) is 87.2 Å². The molecule has 0 aliphatic carbocycles. The van der Waals surface area contributed by atoms with Crippen LogP contribution in [0.15, 0.2) is 72.2 Å². The van der Waals surface area contributed by atoms with Gasteiger partial charge < -0.3 is 9.14 Å². The molecule has 0 N–H and O–H groups in total. The van der Waals surface area contributed by atoms with Crippen LogP contribution in [0.3, 0.4) is 0 Å². The van der Waals surface area contributed by atoms with Crippen molar-refractivity contribution in [3.05, 3.63) is 83.4 Å². The molecule has 0 saturated carbocycles. The third-order valence-corrected chi connectivity index (χ3v) is 5.00. The molecule has 30 heavy (non-hydrogen) atoms. The molecule has 148 valence electrons. The van der Waals surface area contributed by atoms with Crippen LogP contribution in [-0.2, 0) is 13.0 Å². The summed E-state index contributed by atoms with van der Waals surface area (Å²) in [6.07, 6.45) is 9.56. The van der Waals surface area contributed by atoms with E-state index < -0.39 is 0 Å². The second-order valence-corrected chi connectivity index (χ2v) is 6.85. The summed E-state index contributed by atoms with van der Waals surface area (Å²) in [5, 5.41) is 5.72. The molecule has 0 bridgehead atoms. The van der Waals surface area contributed by atoms with E-state index >= 15 is 0 Å². The van der Waals surface area contributed by atoms with Crippen molar-refractivity contribution in [2.24, 2.45) is 0 Å². The number of hydrogen-bond acceptors (Lipinski definition) is 6. The largest absolute Gasteiger partial charge is 0.467 e. The molecule has 0 saturated heterocycles. The van der Waals surface area contributed by atoms with Gasteiger partial charge in [0.1, 0.15) is 5.65 Å². The van der Waals surface area contributed by atoms with E-state index in [1.54, 1.807) is 18.6 Å². The standard InChI is InChI=1S/C22H18N6O2/c1-30-22-23-11-16(12-24-22)18-6-4-5-15-13-25-28(21(29)20(15)18)10-8-17-14-27-9-3-2-7-19(27)26-17/h2-7,9,11-14H,8,10H2,1H3. The van der Waals surface area contributed by atoms with Gasteiger partial charge >= 0.3 is 6.01 Å². The number of aromatic nitrogens is 6. The van der Waals surface area contributed by atoms with Crippen molar-refractivity contribution in [2.75, 3.05) is 7.11 Å². The summed E-state index contributed by atoms with van der Waals surface area (Å²) in [6.45, 7) is 0.437. The Bertz CT molecular complexity index is 1370.